The van der Waals surface area contributed by atoms with Gasteiger partial charge in [-0.25, -0.2) is 4.98 Å². The van der Waals surface area contributed by atoms with Crippen LogP contribution in [0.5, 0.6) is 5.75 Å². The van der Waals surface area contributed by atoms with Gasteiger partial charge in [-0.1, -0.05) is 11.8 Å². The second-order valence-electron chi connectivity index (χ2n) is 7.74. The van der Waals surface area contributed by atoms with Crippen LogP contribution in [0.4, 0.5) is 13.2 Å². The van der Waals surface area contributed by atoms with Crippen molar-refractivity contribution in [2.45, 2.75) is 30.2 Å². The SMILES string of the molecule is Cn1c(C2CC2)nc2ccc(-n3ccc(OCC4CN=C(C(F)(F)F)S4)cc3=O)cc21. The minimum absolute atomic E-state index is 0.0438. The van der Waals surface area contributed by atoms with Crippen LogP contribution in [0.3, 0.4) is 0 Å². The third kappa shape index (κ3) is 3.96. The lowest BCUT2D eigenvalue weighted by Crippen LogP contribution is -2.21. The van der Waals surface area contributed by atoms with Gasteiger partial charge in [-0.2, -0.15) is 13.2 Å². The summed E-state index contributed by atoms with van der Waals surface area (Å²) in [5.74, 6) is 1.92. The maximum atomic E-state index is 12.7. The van der Waals surface area contributed by atoms with E-state index >= 15 is 0 Å². The average molecular weight is 448 g/mol. The largest absolute Gasteiger partial charge is 0.492 e. The molecule has 10 heteroatoms. The van der Waals surface area contributed by atoms with Crippen molar-refractivity contribution in [3.63, 3.8) is 0 Å². The van der Waals surface area contributed by atoms with Crippen molar-refractivity contribution in [3.8, 4) is 11.4 Å². The summed E-state index contributed by atoms with van der Waals surface area (Å²) in [7, 11) is 1.99. The van der Waals surface area contributed by atoms with Gasteiger partial charge in [0.05, 0.1) is 28.5 Å². The Morgan fingerprint density at radius 1 is 1.23 bits per heavy atom. The van der Waals surface area contributed by atoms with E-state index in [0.29, 0.717) is 29.1 Å². The molecule has 0 amide bonds. The van der Waals surface area contributed by atoms with Crippen LogP contribution < -0.4 is 10.3 Å². The Kier molecular flexibility index (Phi) is 4.84. The van der Waals surface area contributed by atoms with Crippen LogP contribution in [0.25, 0.3) is 16.7 Å². The topological polar surface area (TPSA) is 61.4 Å². The molecule has 1 fully saturated rings. The molecule has 1 aliphatic heterocycles. The Morgan fingerprint density at radius 2 is 2.03 bits per heavy atom. The fourth-order valence-electron chi connectivity index (χ4n) is 3.67. The number of hydrogen-bond donors (Lipinski definition) is 0. The third-order valence-electron chi connectivity index (χ3n) is 5.41. The van der Waals surface area contributed by atoms with Crippen LogP contribution in [-0.4, -0.2) is 43.7 Å². The molecule has 3 aromatic rings. The first-order valence-electron chi connectivity index (χ1n) is 9.90. The maximum Gasteiger partial charge on any atom is 0.439 e. The van der Waals surface area contributed by atoms with Gasteiger partial charge in [0.2, 0.25) is 0 Å². The summed E-state index contributed by atoms with van der Waals surface area (Å²) in [5.41, 5.74) is 2.29. The van der Waals surface area contributed by atoms with Crippen molar-refractivity contribution in [2.75, 3.05) is 13.2 Å². The van der Waals surface area contributed by atoms with Crippen LogP contribution >= 0.6 is 11.8 Å². The molecule has 1 aliphatic carbocycles. The van der Waals surface area contributed by atoms with Crippen molar-refractivity contribution in [1.82, 2.24) is 14.1 Å². The lowest BCUT2D eigenvalue weighted by atomic mass is 10.2. The van der Waals surface area contributed by atoms with Crippen molar-refractivity contribution in [2.24, 2.45) is 12.0 Å². The van der Waals surface area contributed by atoms with E-state index in [0.717, 1.165) is 29.7 Å². The number of hydrogen-bond acceptors (Lipinski definition) is 5. The van der Waals surface area contributed by atoms with Crippen LogP contribution in [0, 0.1) is 0 Å². The molecule has 5 rings (SSSR count). The predicted molar refractivity (Wildman–Crippen MR) is 114 cm³/mol. The van der Waals surface area contributed by atoms with Gasteiger partial charge in [0.25, 0.3) is 5.56 Å². The summed E-state index contributed by atoms with van der Waals surface area (Å²) in [6, 6.07) is 8.66. The van der Waals surface area contributed by atoms with Crippen molar-refractivity contribution in [1.29, 1.82) is 0 Å². The number of thioether (sulfide) groups is 1. The Bertz CT molecular complexity index is 1240. The zero-order valence-corrected chi connectivity index (χ0v) is 17.4. The monoisotopic (exact) mass is 448 g/mol. The summed E-state index contributed by atoms with van der Waals surface area (Å²) >= 11 is 0.660. The highest BCUT2D eigenvalue weighted by atomic mass is 32.2. The molecule has 0 radical (unpaired) electrons. The third-order valence-corrected chi connectivity index (χ3v) is 6.61. The molecular weight excluding hydrogens is 429 g/mol. The fourth-order valence-corrected chi connectivity index (χ4v) is 4.55. The van der Waals surface area contributed by atoms with Gasteiger partial charge in [-0.15, -0.1) is 0 Å². The molecule has 2 aliphatic rings. The second kappa shape index (κ2) is 7.44. The normalized spacial score (nSPS) is 19.1. The van der Waals surface area contributed by atoms with Crippen LogP contribution in [-0.2, 0) is 7.05 Å². The first-order chi connectivity index (χ1) is 14.8. The van der Waals surface area contributed by atoms with Gasteiger partial charge in [0.15, 0.2) is 5.04 Å². The van der Waals surface area contributed by atoms with Crippen LogP contribution in [0.2, 0.25) is 0 Å². The lowest BCUT2D eigenvalue weighted by Gasteiger charge is -2.12. The molecule has 2 aromatic heterocycles. The summed E-state index contributed by atoms with van der Waals surface area (Å²) in [4.78, 5) is 20.9. The molecule has 1 aromatic carbocycles. The molecule has 0 saturated heterocycles. The summed E-state index contributed by atoms with van der Waals surface area (Å²) < 4.78 is 47.2. The Hall–Kier alpha value is -2.75. The number of aromatic nitrogens is 3. The van der Waals surface area contributed by atoms with Gasteiger partial charge in [0, 0.05) is 25.2 Å². The molecule has 1 atom stereocenters. The molecule has 0 N–H and O–H groups in total. The smallest absolute Gasteiger partial charge is 0.439 e. The number of aliphatic imine (C=N–C) groups is 1. The minimum atomic E-state index is -4.42. The van der Waals surface area contributed by atoms with E-state index in [-0.39, 0.29) is 18.7 Å². The van der Waals surface area contributed by atoms with Gasteiger partial charge >= 0.3 is 6.18 Å². The molecule has 1 saturated carbocycles. The Balaban J connectivity index is 1.31. The Morgan fingerprint density at radius 3 is 2.71 bits per heavy atom. The number of fused-ring (bicyclic) bond motifs is 1. The van der Waals surface area contributed by atoms with E-state index in [9.17, 15) is 18.0 Å². The van der Waals surface area contributed by atoms with E-state index in [4.69, 9.17) is 9.72 Å². The predicted octanol–water partition coefficient (Wildman–Crippen LogP) is 4.06. The first-order valence-corrected chi connectivity index (χ1v) is 10.8. The summed E-state index contributed by atoms with van der Waals surface area (Å²) in [5, 5.41) is -1.25. The molecule has 1 unspecified atom stereocenters. The molecule has 31 heavy (non-hydrogen) atoms. The minimum Gasteiger partial charge on any atom is -0.492 e. The van der Waals surface area contributed by atoms with E-state index in [2.05, 4.69) is 9.56 Å². The number of nitrogens with zero attached hydrogens (tertiary/aromatic N) is 4. The highest BCUT2D eigenvalue weighted by molar-refractivity contribution is 8.15. The fraction of sp³-hybridized carbons (Fsp3) is 0.381. The van der Waals surface area contributed by atoms with Crippen molar-refractivity contribution < 1.29 is 17.9 Å². The van der Waals surface area contributed by atoms with E-state index in [1.54, 1.807) is 12.3 Å². The van der Waals surface area contributed by atoms with Gasteiger partial charge < -0.3 is 9.30 Å². The molecule has 0 spiro atoms. The zero-order chi connectivity index (χ0) is 21.8. The number of alkyl halides is 3. The highest BCUT2D eigenvalue weighted by Crippen LogP contribution is 2.40. The van der Waals surface area contributed by atoms with E-state index in [1.807, 2.05) is 25.2 Å². The molecule has 162 valence electrons. The molecule has 6 nitrogen and oxygen atoms in total. The number of ether oxygens (including phenoxy) is 1. The van der Waals surface area contributed by atoms with Gasteiger partial charge in [-0.05, 0) is 37.1 Å². The van der Waals surface area contributed by atoms with Crippen LogP contribution in [0.15, 0.2) is 46.3 Å². The van der Waals surface area contributed by atoms with Gasteiger partial charge in [0.1, 0.15) is 18.2 Å². The quantitative estimate of drug-likeness (QED) is 0.591. The first kappa shape index (κ1) is 20.2. The van der Waals surface area contributed by atoms with Gasteiger partial charge in [-0.3, -0.25) is 14.4 Å². The molecule has 3 heterocycles. The maximum absolute atomic E-state index is 12.7. The number of halogens is 3. The van der Waals surface area contributed by atoms with E-state index in [1.165, 1.54) is 10.6 Å². The number of rotatable bonds is 5. The van der Waals surface area contributed by atoms with E-state index < -0.39 is 16.5 Å². The number of pyridine rings is 1. The average Bonchev–Trinajstić information content (AvgIpc) is 3.35. The number of aryl methyl sites for hydroxylation is 1. The lowest BCUT2D eigenvalue weighted by molar-refractivity contribution is -0.0554. The number of imidazole rings is 1. The summed E-state index contributed by atoms with van der Waals surface area (Å²) in [6.07, 6.45) is -0.493. The second-order valence-corrected chi connectivity index (χ2v) is 9.03. The number of benzene rings is 1. The van der Waals surface area contributed by atoms with Crippen molar-refractivity contribution >= 4 is 27.8 Å². The van der Waals surface area contributed by atoms with Crippen LogP contribution in [0.1, 0.15) is 24.6 Å². The standard InChI is InChI=1S/C21H19F3N4O2S/c1-27-17-8-13(4-5-16(17)26-19(27)12-2-3-12)28-7-6-14(9-18(28)29)30-11-15-10-25-20(31-15)21(22,23)24/h4-9,12,15H,2-3,10-11H2,1H3. The Labute approximate surface area is 179 Å². The zero-order valence-electron chi connectivity index (χ0n) is 16.6. The molecular formula is C21H19F3N4O2S. The summed E-state index contributed by atoms with van der Waals surface area (Å²) in [6.45, 7) is 0.0895. The molecule has 0 bridgehead atoms. The highest BCUT2D eigenvalue weighted by Gasteiger charge is 2.40. The van der Waals surface area contributed by atoms with Crippen molar-refractivity contribution in [3.05, 3.63) is 52.7 Å².